The second-order valence-electron chi connectivity index (χ2n) is 8.12. The maximum Gasteiger partial charge on any atom is 0.282 e. The van der Waals surface area contributed by atoms with Crippen molar-refractivity contribution in [2.24, 2.45) is 0 Å². The van der Waals surface area contributed by atoms with E-state index in [0.29, 0.717) is 0 Å². The van der Waals surface area contributed by atoms with Crippen molar-refractivity contribution in [2.75, 3.05) is 31.5 Å². The van der Waals surface area contributed by atoms with Gasteiger partial charge in [-0.15, -0.1) is 0 Å². The largest absolute Gasteiger partial charge is 0.322 e. The molecule has 1 saturated heterocycles. The van der Waals surface area contributed by atoms with E-state index in [2.05, 4.69) is 60.8 Å². The van der Waals surface area contributed by atoms with Crippen LogP contribution < -0.4 is 15.1 Å². The molecule has 2 aliphatic rings. The normalized spacial score (nSPS) is 22.9. The molecule has 0 saturated carbocycles. The first-order valence-corrected chi connectivity index (χ1v) is 10.3. The van der Waals surface area contributed by atoms with Gasteiger partial charge in [-0.05, 0) is 49.4 Å². The Hall–Kier alpha value is -2.17. The Bertz CT molecular complexity index is 781. The maximum absolute atomic E-state index is 12.7. The number of carbonyl (C=O) groups is 1. The topological polar surface area (TPSA) is 38.0 Å². The molecule has 0 bridgehead atoms. The molecule has 1 amide bonds. The van der Waals surface area contributed by atoms with E-state index in [1.807, 2.05) is 0 Å². The molecule has 1 aliphatic heterocycles. The average Bonchev–Trinajstić information content (AvgIpc) is 3.16. The third-order valence-electron chi connectivity index (χ3n) is 6.27. The van der Waals surface area contributed by atoms with Crippen molar-refractivity contribution in [3.63, 3.8) is 0 Å². The molecule has 142 valence electrons. The predicted molar refractivity (Wildman–Crippen MR) is 108 cm³/mol. The Morgan fingerprint density at radius 2 is 1.74 bits per heavy atom. The minimum atomic E-state index is -0.00321. The summed E-state index contributed by atoms with van der Waals surface area (Å²) in [6, 6.07) is 17.1. The lowest BCUT2D eigenvalue weighted by molar-refractivity contribution is -1.02. The lowest BCUT2D eigenvalue weighted by atomic mass is 10.1. The van der Waals surface area contributed by atoms with E-state index < -0.39 is 0 Å². The monoisotopic (exact) mass is 365 g/mol. The minimum Gasteiger partial charge on any atom is -0.322 e. The number of anilines is 1. The number of hydrogen-bond acceptors (Lipinski definition) is 1. The SMILES string of the molecule is C[C@H](C(=O)Nc1ccc2c(c1)CCC2)[NH+]1CC[NH+](Cc2ccccc2)CC1. The first kappa shape index (κ1) is 18.2. The Kier molecular flexibility index (Phi) is 5.55. The number of carbonyl (C=O) groups excluding carboxylic acids is 1. The smallest absolute Gasteiger partial charge is 0.282 e. The van der Waals surface area contributed by atoms with Gasteiger partial charge < -0.3 is 15.1 Å². The van der Waals surface area contributed by atoms with E-state index in [1.54, 1.807) is 4.90 Å². The molecule has 4 rings (SSSR count). The van der Waals surface area contributed by atoms with Gasteiger partial charge in [0.05, 0.1) is 0 Å². The molecule has 4 heteroatoms. The van der Waals surface area contributed by atoms with Crippen LogP contribution in [0.5, 0.6) is 0 Å². The van der Waals surface area contributed by atoms with E-state index in [-0.39, 0.29) is 11.9 Å². The molecule has 1 heterocycles. The van der Waals surface area contributed by atoms with Crippen molar-refractivity contribution >= 4 is 11.6 Å². The van der Waals surface area contributed by atoms with Gasteiger partial charge in [-0.1, -0.05) is 36.4 Å². The van der Waals surface area contributed by atoms with E-state index in [4.69, 9.17) is 0 Å². The van der Waals surface area contributed by atoms with Gasteiger partial charge >= 0.3 is 0 Å². The lowest BCUT2D eigenvalue weighted by Gasteiger charge is -2.32. The summed E-state index contributed by atoms with van der Waals surface area (Å²) in [5.74, 6) is 0.148. The fraction of sp³-hybridized carbons (Fsp3) is 0.435. The predicted octanol–water partition coefficient (Wildman–Crippen LogP) is 0.486. The maximum atomic E-state index is 12.7. The van der Waals surface area contributed by atoms with Crippen molar-refractivity contribution in [3.8, 4) is 0 Å². The van der Waals surface area contributed by atoms with Gasteiger partial charge in [0, 0.05) is 11.3 Å². The first-order valence-electron chi connectivity index (χ1n) is 10.3. The molecule has 3 N–H and O–H groups in total. The molecule has 2 aromatic carbocycles. The number of rotatable bonds is 5. The number of fused-ring (bicyclic) bond motifs is 1. The number of amides is 1. The zero-order chi connectivity index (χ0) is 18.6. The number of benzene rings is 2. The summed E-state index contributed by atoms with van der Waals surface area (Å²) in [5.41, 5.74) is 5.22. The highest BCUT2D eigenvalue weighted by molar-refractivity contribution is 5.93. The zero-order valence-corrected chi connectivity index (χ0v) is 16.3. The van der Waals surface area contributed by atoms with Crippen molar-refractivity contribution in [1.82, 2.24) is 0 Å². The molecule has 1 fully saturated rings. The van der Waals surface area contributed by atoms with E-state index in [0.717, 1.165) is 44.8 Å². The highest BCUT2D eigenvalue weighted by Crippen LogP contribution is 2.24. The average molecular weight is 366 g/mol. The number of nitrogens with one attached hydrogen (secondary N) is 3. The zero-order valence-electron chi connectivity index (χ0n) is 16.3. The van der Waals surface area contributed by atoms with Gasteiger partial charge in [-0.25, -0.2) is 0 Å². The van der Waals surface area contributed by atoms with Crippen LogP contribution in [0, 0.1) is 0 Å². The number of quaternary nitrogens is 2. The Morgan fingerprint density at radius 3 is 2.52 bits per heavy atom. The summed E-state index contributed by atoms with van der Waals surface area (Å²) < 4.78 is 0. The van der Waals surface area contributed by atoms with Gasteiger partial charge in [-0.2, -0.15) is 0 Å². The third kappa shape index (κ3) is 4.40. The highest BCUT2D eigenvalue weighted by atomic mass is 16.2. The first-order chi connectivity index (χ1) is 13.2. The summed E-state index contributed by atoms with van der Waals surface area (Å²) in [6.07, 6.45) is 3.56. The van der Waals surface area contributed by atoms with Crippen molar-refractivity contribution in [2.45, 2.75) is 38.8 Å². The van der Waals surface area contributed by atoms with Crippen LogP contribution in [0.25, 0.3) is 0 Å². The lowest BCUT2D eigenvalue weighted by Crippen LogP contribution is -3.29. The molecule has 0 radical (unpaired) electrons. The van der Waals surface area contributed by atoms with Crippen LogP contribution in [0.15, 0.2) is 48.5 Å². The number of piperazine rings is 1. The summed E-state index contributed by atoms with van der Waals surface area (Å²) in [7, 11) is 0. The molecule has 4 nitrogen and oxygen atoms in total. The molecule has 27 heavy (non-hydrogen) atoms. The Balaban J connectivity index is 1.28. The summed E-state index contributed by atoms with van der Waals surface area (Å²) in [4.78, 5) is 15.8. The van der Waals surface area contributed by atoms with Gasteiger partial charge in [0.15, 0.2) is 6.04 Å². The molecule has 0 unspecified atom stereocenters. The van der Waals surface area contributed by atoms with Crippen molar-refractivity contribution < 1.29 is 14.6 Å². The molecule has 1 atom stereocenters. The van der Waals surface area contributed by atoms with Crippen LogP contribution >= 0.6 is 0 Å². The molecule has 0 aromatic heterocycles. The van der Waals surface area contributed by atoms with Crippen LogP contribution in [0.3, 0.4) is 0 Å². The van der Waals surface area contributed by atoms with Gasteiger partial charge in [0.1, 0.15) is 32.7 Å². The summed E-state index contributed by atoms with van der Waals surface area (Å²) >= 11 is 0. The standard InChI is InChI=1S/C23H29N3O/c1-18(23(27)24-22-11-10-20-8-5-9-21(20)16-22)26-14-12-25(13-15-26)17-19-6-3-2-4-7-19/h2-4,6-7,10-11,16,18H,5,8-9,12-15,17H2,1H3,(H,24,27)/p+2/t18-/m1/s1. The van der Waals surface area contributed by atoms with Gasteiger partial charge in [0.25, 0.3) is 5.91 Å². The summed E-state index contributed by atoms with van der Waals surface area (Å²) in [6.45, 7) is 7.52. The van der Waals surface area contributed by atoms with E-state index >= 15 is 0 Å². The Labute approximate surface area is 162 Å². The van der Waals surface area contributed by atoms with Gasteiger partial charge in [-0.3, -0.25) is 4.79 Å². The van der Waals surface area contributed by atoms with E-state index in [1.165, 1.54) is 34.4 Å². The fourth-order valence-electron chi connectivity index (χ4n) is 4.50. The molecule has 1 aliphatic carbocycles. The van der Waals surface area contributed by atoms with Crippen molar-refractivity contribution in [1.29, 1.82) is 0 Å². The Morgan fingerprint density at radius 1 is 1.00 bits per heavy atom. The van der Waals surface area contributed by atoms with E-state index in [9.17, 15) is 4.79 Å². The molecular weight excluding hydrogens is 334 g/mol. The molecule has 0 spiro atoms. The van der Waals surface area contributed by atoms with Crippen LogP contribution in [0.4, 0.5) is 5.69 Å². The quantitative estimate of drug-likeness (QED) is 0.709. The minimum absolute atomic E-state index is 0.00321. The van der Waals surface area contributed by atoms with Crippen LogP contribution in [0.2, 0.25) is 0 Å². The summed E-state index contributed by atoms with van der Waals surface area (Å²) in [5, 5.41) is 3.15. The highest BCUT2D eigenvalue weighted by Gasteiger charge is 2.31. The van der Waals surface area contributed by atoms with Gasteiger partial charge in [0.2, 0.25) is 0 Å². The van der Waals surface area contributed by atoms with Crippen LogP contribution in [0.1, 0.15) is 30.0 Å². The number of hydrogen-bond donors (Lipinski definition) is 3. The molecular formula is C23H31N3O+2. The van der Waals surface area contributed by atoms with Crippen LogP contribution in [-0.4, -0.2) is 38.1 Å². The second kappa shape index (κ2) is 8.24. The second-order valence-corrected chi connectivity index (χ2v) is 8.12. The van der Waals surface area contributed by atoms with Crippen LogP contribution in [-0.2, 0) is 24.2 Å². The van der Waals surface area contributed by atoms with Crippen molar-refractivity contribution in [3.05, 3.63) is 65.2 Å². The number of aryl methyl sites for hydroxylation is 2. The fourth-order valence-corrected chi connectivity index (χ4v) is 4.50. The third-order valence-corrected chi connectivity index (χ3v) is 6.27. The molecule has 2 aromatic rings.